The predicted molar refractivity (Wildman–Crippen MR) is 76.6 cm³/mol. The largest absolute Gasteiger partial charge is 0.427 e. The molecule has 0 saturated carbocycles. The molecule has 2 aromatic carbocycles. The zero-order valence-electron chi connectivity index (χ0n) is 12.0. The van der Waals surface area contributed by atoms with Gasteiger partial charge in [-0.2, -0.15) is 13.2 Å². The summed E-state index contributed by atoms with van der Waals surface area (Å²) in [7, 11) is 0. The number of hydrogen-bond acceptors (Lipinski definition) is 2. The van der Waals surface area contributed by atoms with E-state index < -0.39 is 11.7 Å². The van der Waals surface area contributed by atoms with Gasteiger partial charge in [0.1, 0.15) is 5.75 Å². The van der Waals surface area contributed by atoms with Crippen LogP contribution in [0.15, 0.2) is 48.5 Å². The van der Waals surface area contributed by atoms with E-state index in [1.54, 1.807) is 37.3 Å². The zero-order chi connectivity index (χ0) is 16.2. The molecule has 0 fully saturated rings. The first kappa shape index (κ1) is 16.1. The molecule has 2 nitrogen and oxygen atoms in total. The van der Waals surface area contributed by atoms with E-state index in [-0.39, 0.29) is 12.4 Å². The molecule has 2 aromatic rings. The molecule has 22 heavy (non-hydrogen) atoms. The van der Waals surface area contributed by atoms with Crippen LogP contribution in [0.5, 0.6) is 5.75 Å². The van der Waals surface area contributed by atoms with Crippen molar-refractivity contribution in [3.8, 4) is 5.75 Å². The Kier molecular flexibility index (Phi) is 4.85. The van der Waals surface area contributed by atoms with E-state index in [1.165, 1.54) is 6.07 Å². The third-order valence-corrected chi connectivity index (χ3v) is 3.08. The first-order chi connectivity index (χ1) is 10.4. The van der Waals surface area contributed by atoms with Crippen LogP contribution in [0.3, 0.4) is 0 Å². The number of rotatable bonds is 4. The van der Waals surface area contributed by atoms with Crippen molar-refractivity contribution in [2.24, 2.45) is 0 Å². The normalized spacial score (nSPS) is 11.3. The van der Waals surface area contributed by atoms with Crippen molar-refractivity contribution in [3.05, 3.63) is 65.2 Å². The van der Waals surface area contributed by atoms with Crippen LogP contribution in [0, 0.1) is 0 Å². The number of benzene rings is 2. The molecule has 0 aliphatic rings. The van der Waals surface area contributed by atoms with Crippen LogP contribution < -0.4 is 4.74 Å². The van der Waals surface area contributed by atoms with Gasteiger partial charge in [-0.25, -0.2) is 0 Å². The summed E-state index contributed by atoms with van der Waals surface area (Å²) in [6.07, 6.45) is -3.76. The molecule has 0 atom stereocenters. The van der Waals surface area contributed by atoms with E-state index >= 15 is 0 Å². The molecule has 5 heteroatoms. The van der Waals surface area contributed by atoms with Crippen LogP contribution >= 0.6 is 0 Å². The van der Waals surface area contributed by atoms with Crippen molar-refractivity contribution < 1.29 is 22.7 Å². The Labute approximate surface area is 126 Å². The zero-order valence-corrected chi connectivity index (χ0v) is 12.0. The van der Waals surface area contributed by atoms with Gasteiger partial charge in [-0.15, -0.1) is 0 Å². The summed E-state index contributed by atoms with van der Waals surface area (Å²) in [5.41, 5.74) is 0.660. The van der Waals surface area contributed by atoms with Crippen molar-refractivity contribution in [1.82, 2.24) is 0 Å². The summed E-state index contributed by atoms with van der Waals surface area (Å²) >= 11 is 0. The monoisotopic (exact) mass is 308 g/mol. The fourth-order valence-corrected chi connectivity index (χ4v) is 2.02. The molecule has 0 radical (unpaired) electrons. The van der Waals surface area contributed by atoms with Crippen LogP contribution in [0.4, 0.5) is 13.2 Å². The first-order valence-electron chi connectivity index (χ1n) is 6.84. The van der Waals surface area contributed by atoms with E-state index in [9.17, 15) is 18.0 Å². The van der Waals surface area contributed by atoms with Gasteiger partial charge < -0.3 is 4.74 Å². The number of carbonyl (C=O) groups excluding carboxylic acids is 1. The molecule has 116 valence electrons. The lowest BCUT2D eigenvalue weighted by Gasteiger charge is -2.09. The molecular formula is C17H15F3O2. The summed E-state index contributed by atoms with van der Waals surface area (Å²) in [5.74, 6) is 0.0487. The van der Waals surface area contributed by atoms with Crippen molar-refractivity contribution in [2.75, 3.05) is 0 Å². The van der Waals surface area contributed by atoms with Crippen LogP contribution in [-0.2, 0) is 17.4 Å². The number of halogens is 3. The average Bonchev–Trinajstić information content (AvgIpc) is 2.47. The maximum atomic E-state index is 12.7. The molecule has 0 aliphatic carbocycles. The second-order valence-electron chi connectivity index (χ2n) is 4.85. The van der Waals surface area contributed by atoms with E-state index in [1.807, 2.05) is 0 Å². The van der Waals surface area contributed by atoms with Gasteiger partial charge in [0.2, 0.25) is 0 Å². The minimum Gasteiger partial charge on any atom is -0.427 e. The molecule has 0 aliphatic heterocycles. The predicted octanol–water partition coefficient (Wildman–Crippen LogP) is 4.61. The van der Waals surface area contributed by atoms with Crippen molar-refractivity contribution in [2.45, 2.75) is 25.9 Å². The minimum atomic E-state index is -4.35. The van der Waals surface area contributed by atoms with Gasteiger partial charge in [-0.1, -0.05) is 37.3 Å². The Morgan fingerprint density at radius 3 is 2.32 bits per heavy atom. The topological polar surface area (TPSA) is 26.3 Å². The molecule has 0 saturated heterocycles. The molecule has 2 rings (SSSR count). The van der Waals surface area contributed by atoms with Gasteiger partial charge in [0.25, 0.3) is 0 Å². The molecule has 0 amide bonds. The van der Waals surface area contributed by atoms with Crippen molar-refractivity contribution >= 4 is 5.97 Å². The molecule has 0 aromatic heterocycles. The van der Waals surface area contributed by atoms with Gasteiger partial charge in [-0.3, -0.25) is 4.79 Å². The standard InChI is InChI=1S/C17H15F3O2/c1-2-16(21)22-15-8-4-6-13(11-15)9-12-5-3-7-14(10-12)17(18,19)20/h3-8,10-11H,2,9H2,1H3. The Bertz CT molecular complexity index is 663. The summed E-state index contributed by atoms with van der Waals surface area (Å²) < 4.78 is 43.2. The number of carbonyl (C=O) groups is 1. The smallest absolute Gasteiger partial charge is 0.416 e. The Morgan fingerprint density at radius 2 is 1.68 bits per heavy atom. The maximum absolute atomic E-state index is 12.7. The summed E-state index contributed by atoms with van der Waals surface area (Å²) in [6, 6.07) is 12.0. The van der Waals surface area contributed by atoms with Crippen molar-refractivity contribution in [3.63, 3.8) is 0 Å². The lowest BCUT2D eigenvalue weighted by Crippen LogP contribution is -2.06. The Hall–Kier alpha value is -2.30. The van der Waals surface area contributed by atoms with E-state index in [2.05, 4.69) is 0 Å². The Balaban J connectivity index is 2.17. The van der Waals surface area contributed by atoms with E-state index in [0.717, 1.165) is 17.7 Å². The third kappa shape index (κ3) is 4.35. The SMILES string of the molecule is CCC(=O)Oc1cccc(Cc2cccc(C(F)(F)F)c2)c1. The van der Waals surface area contributed by atoms with Gasteiger partial charge >= 0.3 is 12.1 Å². The van der Waals surface area contributed by atoms with Gasteiger partial charge in [0.15, 0.2) is 0 Å². The van der Waals surface area contributed by atoms with E-state index in [4.69, 9.17) is 4.74 Å². The van der Waals surface area contributed by atoms with Gasteiger partial charge in [0.05, 0.1) is 5.56 Å². The van der Waals surface area contributed by atoms with E-state index in [0.29, 0.717) is 17.7 Å². The van der Waals surface area contributed by atoms with Crippen LogP contribution in [0.25, 0.3) is 0 Å². The van der Waals surface area contributed by atoms with Crippen LogP contribution in [0.2, 0.25) is 0 Å². The third-order valence-electron chi connectivity index (χ3n) is 3.08. The Morgan fingerprint density at radius 1 is 1.05 bits per heavy atom. The number of esters is 1. The fraction of sp³-hybridized carbons (Fsp3) is 0.235. The maximum Gasteiger partial charge on any atom is 0.416 e. The minimum absolute atomic E-state index is 0.262. The quantitative estimate of drug-likeness (QED) is 0.609. The highest BCUT2D eigenvalue weighted by molar-refractivity contribution is 5.71. The highest BCUT2D eigenvalue weighted by Crippen LogP contribution is 2.30. The van der Waals surface area contributed by atoms with Gasteiger partial charge in [0, 0.05) is 6.42 Å². The summed E-state index contributed by atoms with van der Waals surface area (Å²) in [4.78, 5) is 11.3. The van der Waals surface area contributed by atoms with Gasteiger partial charge in [-0.05, 0) is 35.7 Å². The molecule has 0 N–H and O–H groups in total. The lowest BCUT2D eigenvalue weighted by atomic mass is 10.0. The van der Waals surface area contributed by atoms with Crippen LogP contribution in [-0.4, -0.2) is 5.97 Å². The lowest BCUT2D eigenvalue weighted by molar-refractivity contribution is -0.137. The van der Waals surface area contributed by atoms with Crippen molar-refractivity contribution in [1.29, 1.82) is 0 Å². The first-order valence-corrected chi connectivity index (χ1v) is 6.84. The highest BCUT2D eigenvalue weighted by Gasteiger charge is 2.30. The number of ether oxygens (including phenoxy) is 1. The highest BCUT2D eigenvalue weighted by atomic mass is 19.4. The van der Waals surface area contributed by atoms with Crippen LogP contribution in [0.1, 0.15) is 30.0 Å². The second-order valence-corrected chi connectivity index (χ2v) is 4.85. The average molecular weight is 308 g/mol. The second kappa shape index (κ2) is 6.64. The number of alkyl halides is 3. The molecule has 0 heterocycles. The molecular weight excluding hydrogens is 293 g/mol. The fourth-order valence-electron chi connectivity index (χ4n) is 2.02. The molecule has 0 unspecified atom stereocenters. The molecule has 0 spiro atoms. The summed E-state index contributed by atoms with van der Waals surface area (Å²) in [5, 5.41) is 0. The molecule has 0 bridgehead atoms. The summed E-state index contributed by atoms with van der Waals surface area (Å²) in [6.45, 7) is 1.69. The number of hydrogen-bond donors (Lipinski definition) is 0.